The zero-order valence-corrected chi connectivity index (χ0v) is 12.7. The molecule has 0 unspecified atom stereocenters. The molecule has 2 N–H and O–H groups in total. The zero-order chi connectivity index (χ0) is 15.1. The highest BCUT2D eigenvalue weighted by atomic mass is 32.1. The molecule has 1 heterocycles. The van der Waals surface area contributed by atoms with Crippen LogP contribution in [0.3, 0.4) is 0 Å². The average Bonchev–Trinajstić information content (AvgIpc) is 3.00. The largest absolute Gasteiger partial charge is 0.352 e. The maximum absolute atomic E-state index is 11.9. The van der Waals surface area contributed by atoms with Crippen molar-refractivity contribution < 1.29 is 9.59 Å². The van der Waals surface area contributed by atoms with Crippen LogP contribution >= 0.6 is 11.3 Å². The fourth-order valence-corrected chi connectivity index (χ4v) is 2.52. The molecule has 0 bridgehead atoms. The van der Waals surface area contributed by atoms with Crippen molar-refractivity contribution in [3.63, 3.8) is 0 Å². The van der Waals surface area contributed by atoms with Gasteiger partial charge in [0.25, 0.3) is 11.8 Å². The van der Waals surface area contributed by atoms with Crippen LogP contribution in [0.4, 0.5) is 0 Å². The van der Waals surface area contributed by atoms with E-state index in [-0.39, 0.29) is 11.8 Å². The van der Waals surface area contributed by atoms with Gasteiger partial charge in [0.1, 0.15) is 0 Å². The summed E-state index contributed by atoms with van der Waals surface area (Å²) in [6, 6.07) is 11.1. The smallest absolute Gasteiger partial charge is 0.261 e. The van der Waals surface area contributed by atoms with Gasteiger partial charge in [0, 0.05) is 18.7 Å². The first-order valence-electron chi connectivity index (χ1n) is 6.83. The van der Waals surface area contributed by atoms with Crippen LogP contribution in [0.15, 0.2) is 41.8 Å². The summed E-state index contributed by atoms with van der Waals surface area (Å²) in [6.07, 6.45) is 0.703. The fraction of sp³-hybridized carbons (Fsp3) is 0.250. The van der Waals surface area contributed by atoms with Gasteiger partial charge in [-0.05, 0) is 36.9 Å². The molecule has 1 aromatic heterocycles. The Morgan fingerprint density at radius 1 is 1.05 bits per heavy atom. The van der Waals surface area contributed by atoms with Crippen molar-refractivity contribution in [2.24, 2.45) is 0 Å². The van der Waals surface area contributed by atoms with Crippen molar-refractivity contribution in [3.8, 4) is 0 Å². The number of hydrogen-bond donors (Lipinski definition) is 2. The molecule has 2 amide bonds. The molecule has 0 saturated heterocycles. The highest BCUT2D eigenvalue weighted by molar-refractivity contribution is 7.12. The Morgan fingerprint density at radius 2 is 1.81 bits per heavy atom. The topological polar surface area (TPSA) is 58.2 Å². The molecule has 0 aliphatic carbocycles. The van der Waals surface area contributed by atoms with Crippen LogP contribution in [-0.2, 0) is 0 Å². The molecule has 2 aromatic rings. The van der Waals surface area contributed by atoms with E-state index in [1.807, 2.05) is 36.6 Å². The molecule has 21 heavy (non-hydrogen) atoms. The minimum atomic E-state index is -0.0803. The van der Waals surface area contributed by atoms with E-state index in [1.165, 1.54) is 11.3 Å². The van der Waals surface area contributed by atoms with E-state index in [0.29, 0.717) is 30.0 Å². The van der Waals surface area contributed by atoms with E-state index in [1.54, 1.807) is 12.1 Å². The van der Waals surface area contributed by atoms with Gasteiger partial charge in [0.2, 0.25) is 0 Å². The molecular formula is C16H18N2O2S. The van der Waals surface area contributed by atoms with Crippen molar-refractivity contribution >= 4 is 23.2 Å². The lowest BCUT2D eigenvalue weighted by Crippen LogP contribution is -2.29. The standard InChI is InChI=1S/C16H18N2O2S/c1-12-5-2-6-13(11-12)15(19)17-8-4-9-18-16(20)14-7-3-10-21-14/h2-3,5-7,10-11H,4,8-9H2,1H3,(H,17,19)(H,18,20). The summed E-state index contributed by atoms with van der Waals surface area (Å²) >= 11 is 1.42. The number of amides is 2. The van der Waals surface area contributed by atoms with E-state index in [2.05, 4.69) is 10.6 Å². The Morgan fingerprint density at radius 3 is 2.48 bits per heavy atom. The lowest BCUT2D eigenvalue weighted by molar-refractivity contribution is 0.0953. The summed E-state index contributed by atoms with van der Waals surface area (Å²) < 4.78 is 0. The number of carbonyl (C=O) groups excluding carboxylic acids is 2. The number of hydrogen-bond acceptors (Lipinski definition) is 3. The predicted octanol–water partition coefficient (Wildman–Crippen LogP) is 2.61. The highest BCUT2D eigenvalue weighted by Crippen LogP contribution is 2.07. The average molecular weight is 302 g/mol. The van der Waals surface area contributed by atoms with E-state index in [0.717, 1.165) is 5.56 Å². The number of aryl methyl sites for hydroxylation is 1. The second-order valence-corrected chi connectivity index (χ2v) is 5.66. The maximum atomic E-state index is 11.9. The molecule has 1 aromatic carbocycles. The van der Waals surface area contributed by atoms with Gasteiger partial charge in [-0.15, -0.1) is 11.3 Å². The molecule has 0 saturated carbocycles. The van der Waals surface area contributed by atoms with E-state index < -0.39 is 0 Å². The third-order valence-electron chi connectivity index (χ3n) is 2.95. The second kappa shape index (κ2) is 7.59. The third kappa shape index (κ3) is 4.72. The van der Waals surface area contributed by atoms with Crippen molar-refractivity contribution in [1.82, 2.24) is 10.6 Å². The number of thiophene rings is 1. The molecule has 2 rings (SSSR count). The van der Waals surface area contributed by atoms with Gasteiger partial charge in [0.05, 0.1) is 4.88 Å². The van der Waals surface area contributed by atoms with Gasteiger partial charge >= 0.3 is 0 Å². The second-order valence-electron chi connectivity index (χ2n) is 4.71. The molecule has 0 aliphatic heterocycles. The van der Waals surface area contributed by atoms with Gasteiger partial charge in [0.15, 0.2) is 0 Å². The molecule has 5 heteroatoms. The van der Waals surface area contributed by atoms with Crippen LogP contribution in [0, 0.1) is 6.92 Å². The van der Waals surface area contributed by atoms with Crippen molar-refractivity contribution in [1.29, 1.82) is 0 Å². The lowest BCUT2D eigenvalue weighted by Gasteiger charge is -2.06. The number of rotatable bonds is 6. The molecule has 0 radical (unpaired) electrons. The minimum absolute atomic E-state index is 0.0602. The molecule has 4 nitrogen and oxygen atoms in total. The van der Waals surface area contributed by atoms with Crippen molar-refractivity contribution in [3.05, 3.63) is 57.8 Å². The maximum Gasteiger partial charge on any atom is 0.261 e. The Hall–Kier alpha value is -2.14. The normalized spacial score (nSPS) is 10.1. The molecule has 0 spiro atoms. The highest BCUT2D eigenvalue weighted by Gasteiger charge is 2.06. The van der Waals surface area contributed by atoms with Crippen LogP contribution in [0.2, 0.25) is 0 Å². The van der Waals surface area contributed by atoms with Crippen LogP contribution in [0.25, 0.3) is 0 Å². The first kappa shape index (κ1) is 15.3. The predicted molar refractivity (Wildman–Crippen MR) is 84.8 cm³/mol. The summed E-state index contributed by atoms with van der Waals surface area (Å²) in [7, 11) is 0. The van der Waals surface area contributed by atoms with Gasteiger partial charge in [-0.2, -0.15) is 0 Å². The summed E-state index contributed by atoms with van der Waals surface area (Å²) in [4.78, 5) is 24.3. The van der Waals surface area contributed by atoms with Crippen LogP contribution in [-0.4, -0.2) is 24.9 Å². The van der Waals surface area contributed by atoms with Crippen molar-refractivity contribution in [2.75, 3.05) is 13.1 Å². The third-order valence-corrected chi connectivity index (χ3v) is 3.82. The van der Waals surface area contributed by atoms with Gasteiger partial charge in [-0.25, -0.2) is 0 Å². The molecule has 0 fully saturated rings. The van der Waals surface area contributed by atoms with Crippen LogP contribution in [0.1, 0.15) is 32.0 Å². The zero-order valence-electron chi connectivity index (χ0n) is 11.9. The number of carbonyl (C=O) groups is 2. The Bertz CT molecular complexity index is 608. The molecule has 0 aliphatic rings. The first-order chi connectivity index (χ1) is 10.2. The van der Waals surface area contributed by atoms with Gasteiger partial charge in [-0.1, -0.05) is 23.8 Å². The first-order valence-corrected chi connectivity index (χ1v) is 7.71. The Labute approximate surface area is 128 Å². The molecule has 0 atom stereocenters. The monoisotopic (exact) mass is 302 g/mol. The Balaban J connectivity index is 1.66. The molecule has 110 valence electrons. The minimum Gasteiger partial charge on any atom is -0.352 e. The summed E-state index contributed by atoms with van der Waals surface area (Å²) in [5, 5.41) is 7.55. The quantitative estimate of drug-likeness (QED) is 0.806. The fourth-order valence-electron chi connectivity index (χ4n) is 1.88. The van der Waals surface area contributed by atoms with E-state index in [9.17, 15) is 9.59 Å². The SMILES string of the molecule is Cc1cccc(C(=O)NCCCNC(=O)c2cccs2)c1. The lowest BCUT2D eigenvalue weighted by atomic mass is 10.1. The van der Waals surface area contributed by atoms with E-state index >= 15 is 0 Å². The number of benzene rings is 1. The van der Waals surface area contributed by atoms with E-state index in [4.69, 9.17) is 0 Å². The summed E-state index contributed by atoms with van der Waals surface area (Å²) in [6.45, 7) is 3.04. The number of nitrogens with one attached hydrogen (secondary N) is 2. The Kier molecular flexibility index (Phi) is 5.51. The van der Waals surface area contributed by atoms with Crippen molar-refractivity contribution in [2.45, 2.75) is 13.3 Å². The van der Waals surface area contributed by atoms with Gasteiger partial charge < -0.3 is 10.6 Å². The van der Waals surface area contributed by atoms with Gasteiger partial charge in [-0.3, -0.25) is 9.59 Å². The van der Waals surface area contributed by atoms with Crippen LogP contribution < -0.4 is 10.6 Å². The van der Waals surface area contributed by atoms with Crippen LogP contribution in [0.5, 0.6) is 0 Å². The molecular weight excluding hydrogens is 284 g/mol. The summed E-state index contributed by atoms with van der Waals surface area (Å²) in [5.41, 5.74) is 1.73. The summed E-state index contributed by atoms with van der Waals surface area (Å²) in [5.74, 6) is -0.140.